The molecule has 0 saturated heterocycles. The van der Waals surface area contributed by atoms with Gasteiger partial charge in [-0.15, -0.1) is 0 Å². The van der Waals surface area contributed by atoms with Crippen LogP contribution in [0.5, 0.6) is 0 Å². The van der Waals surface area contributed by atoms with E-state index in [1.54, 1.807) is 4.90 Å². The number of guanidine groups is 1. The van der Waals surface area contributed by atoms with Gasteiger partial charge in [-0.2, -0.15) is 0 Å². The summed E-state index contributed by atoms with van der Waals surface area (Å²) in [6.45, 7) is 2.31. The normalized spacial score (nSPS) is 18.0. The second-order valence-corrected chi connectivity index (χ2v) is 5.04. The van der Waals surface area contributed by atoms with Gasteiger partial charge in [-0.1, -0.05) is 24.3 Å². The Morgan fingerprint density at radius 2 is 1.95 bits per heavy atom. The summed E-state index contributed by atoms with van der Waals surface area (Å²) < 4.78 is 27.1. The SMILES string of the molecule is Cc1ccccc1N1C(N)=NCC1c1ccc(F)cc1F. The number of benzene rings is 2. The second kappa shape index (κ2) is 5.16. The van der Waals surface area contributed by atoms with Crippen LogP contribution < -0.4 is 10.6 Å². The summed E-state index contributed by atoms with van der Waals surface area (Å²) in [6.07, 6.45) is 0. The molecule has 5 heteroatoms. The molecule has 1 unspecified atom stereocenters. The summed E-state index contributed by atoms with van der Waals surface area (Å²) in [6, 6.07) is 10.9. The number of nitrogens with zero attached hydrogens (tertiary/aromatic N) is 2. The lowest BCUT2D eigenvalue weighted by atomic mass is 10.0. The Balaban J connectivity index is 2.05. The van der Waals surface area contributed by atoms with Crippen molar-refractivity contribution < 1.29 is 8.78 Å². The first kappa shape index (κ1) is 13.5. The third-order valence-electron chi connectivity index (χ3n) is 3.68. The van der Waals surface area contributed by atoms with Crippen molar-refractivity contribution in [2.24, 2.45) is 10.7 Å². The molecule has 1 aliphatic rings. The summed E-state index contributed by atoms with van der Waals surface area (Å²) in [5.74, 6) is -0.827. The fourth-order valence-electron chi connectivity index (χ4n) is 2.63. The van der Waals surface area contributed by atoms with Crippen LogP contribution in [-0.2, 0) is 0 Å². The molecule has 1 heterocycles. The molecule has 0 aromatic heterocycles. The lowest BCUT2D eigenvalue weighted by Gasteiger charge is -2.28. The quantitative estimate of drug-likeness (QED) is 0.922. The lowest BCUT2D eigenvalue weighted by Crippen LogP contribution is -2.36. The van der Waals surface area contributed by atoms with Crippen LogP contribution in [0.2, 0.25) is 0 Å². The van der Waals surface area contributed by atoms with Gasteiger partial charge in [0.25, 0.3) is 0 Å². The molecule has 0 spiro atoms. The summed E-state index contributed by atoms with van der Waals surface area (Å²) >= 11 is 0. The van der Waals surface area contributed by atoms with Crippen LogP contribution in [0.4, 0.5) is 14.5 Å². The highest BCUT2D eigenvalue weighted by Crippen LogP contribution is 2.34. The smallest absolute Gasteiger partial charge is 0.196 e. The van der Waals surface area contributed by atoms with Crippen molar-refractivity contribution in [3.63, 3.8) is 0 Å². The van der Waals surface area contributed by atoms with E-state index in [9.17, 15) is 8.78 Å². The molecule has 0 radical (unpaired) electrons. The molecular formula is C16H15F2N3. The van der Waals surface area contributed by atoms with Gasteiger partial charge < -0.3 is 10.6 Å². The third-order valence-corrected chi connectivity index (χ3v) is 3.68. The first-order valence-electron chi connectivity index (χ1n) is 6.67. The number of rotatable bonds is 2. The van der Waals surface area contributed by atoms with Crippen LogP contribution >= 0.6 is 0 Å². The van der Waals surface area contributed by atoms with Crippen LogP contribution in [0.25, 0.3) is 0 Å². The molecule has 21 heavy (non-hydrogen) atoms. The maximum absolute atomic E-state index is 14.1. The fraction of sp³-hybridized carbons (Fsp3) is 0.188. The van der Waals surface area contributed by atoms with Crippen LogP contribution in [0, 0.1) is 18.6 Å². The number of hydrogen-bond acceptors (Lipinski definition) is 3. The first-order valence-corrected chi connectivity index (χ1v) is 6.67. The Labute approximate surface area is 121 Å². The lowest BCUT2D eigenvalue weighted by molar-refractivity contribution is 0.559. The van der Waals surface area contributed by atoms with Crippen LogP contribution in [0.15, 0.2) is 47.5 Å². The van der Waals surface area contributed by atoms with E-state index in [1.165, 1.54) is 12.1 Å². The van der Waals surface area contributed by atoms with Crippen LogP contribution in [0.3, 0.4) is 0 Å². The number of para-hydroxylation sites is 1. The Bertz CT molecular complexity index is 712. The van der Waals surface area contributed by atoms with E-state index in [0.29, 0.717) is 18.1 Å². The number of hydrogen-bond donors (Lipinski definition) is 1. The largest absolute Gasteiger partial charge is 0.369 e. The van der Waals surface area contributed by atoms with Gasteiger partial charge in [-0.25, -0.2) is 8.78 Å². The number of aryl methyl sites for hydroxylation is 1. The minimum atomic E-state index is -0.592. The Morgan fingerprint density at radius 3 is 2.67 bits per heavy atom. The summed E-state index contributed by atoms with van der Waals surface area (Å²) in [4.78, 5) is 6.01. The van der Waals surface area contributed by atoms with Gasteiger partial charge in [-0.3, -0.25) is 4.99 Å². The van der Waals surface area contributed by atoms with Gasteiger partial charge >= 0.3 is 0 Å². The van der Waals surface area contributed by atoms with E-state index >= 15 is 0 Å². The summed E-state index contributed by atoms with van der Waals surface area (Å²) in [5, 5.41) is 0. The van der Waals surface area contributed by atoms with Crippen LogP contribution in [0.1, 0.15) is 17.2 Å². The van der Waals surface area contributed by atoms with Crippen LogP contribution in [-0.4, -0.2) is 12.5 Å². The zero-order chi connectivity index (χ0) is 15.0. The molecule has 2 aromatic rings. The topological polar surface area (TPSA) is 41.6 Å². The zero-order valence-corrected chi connectivity index (χ0v) is 11.6. The summed E-state index contributed by atoms with van der Waals surface area (Å²) in [5.41, 5.74) is 8.26. The molecular weight excluding hydrogens is 272 g/mol. The summed E-state index contributed by atoms with van der Waals surface area (Å²) in [7, 11) is 0. The molecule has 3 nitrogen and oxygen atoms in total. The maximum Gasteiger partial charge on any atom is 0.196 e. The Hall–Kier alpha value is -2.43. The van der Waals surface area contributed by atoms with Gasteiger partial charge in [0, 0.05) is 17.3 Å². The molecule has 3 rings (SSSR count). The van der Waals surface area contributed by atoms with Crippen molar-refractivity contribution in [3.8, 4) is 0 Å². The predicted octanol–water partition coefficient (Wildman–Crippen LogP) is 3.15. The molecule has 108 valence electrons. The highest BCUT2D eigenvalue weighted by atomic mass is 19.1. The molecule has 0 amide bonds. The van der Waals surface area contributed by atoms with E-state index < -0.39 is 11.6 Å². The molecule has 0 fully saturated rings. The average Bonchev–Trinajstić information content (AvgIpc) is 2.81. The van der Waals surface area contributed by atoms with Gasteiger partial charge in [0.1, 0.15) is 11.6 Å². The van der Waals surface area contributed by atoms with Crippen molar-refractivity contribution in [3.05, 3.63) is 65.2 Å². The fourth-order valence-corrected chi connectivity index (χ4v) is 2.63. The highest BCUT2D eigenvalue weighted by Gasteiger charge is 2.31. The standard InChI is InChI=1S/C16H15F2N3/c1-10-4-2-3-5-14(10)21-15(9-20-16(21)19)12-7-6-11(17)8-13(12)18/h2-8,15H,9H2,1H3,(H2,19,20). The Morgan fingerprint density at radius 1 is 1.19 bits per heavy atom. The number of anilines is 1. The van der Waals surface area contributed by atoms with Crippen molar-refractivity contribution in [1.29, 1.82) is 0 Å². The maximum atomic E-state index is 14.1. The van der Waals surface area contributed by atoms with E-state index in [0.717, 1.165) is 17.3 Å². The molecule has 0 bridgehead atoms. The van der Waals surface area contributed by atoms with Gasteiger partial charge in [-0.05, 0) is 24.6 Å². The molecule has 0 aliphatic carbocycles. The third kappa shape index (κ3) is 2.35. The van der Waals surface area contributed by atoms with E-state index in [-0.39, 0.29) is 6.04 Å². The molecule has 0 saturated carbocycles. The highest BCUT2D eigenvalue weighted by molar-refractivity contribution is 5.98. The van der Waals surface area contributed by atoms with Crippen molar-refractivity contribution in [2.75, 3.05) is 11.4 Å². The van der Waals surface area contributed by atoms with Crippen molar-refractivity contribution >= 4 is 11.6 Å². The second-order valence-electron chi connectivity index (χ2n) is 5.04. The monoisotopic (exact) mass is 287 g/mol. The minimum Gasteiger partial charge on any atom is -0.369 e. The zero-order valence-electron chi connectivity index (χ0n) is 11.6. The van der Waals surface area contributed by atoms with E-state index in [2.05, 4.69) is 4.99 Å². The molecule has 1 aliphatic heterocycles. The van der Waals surface area contributed by atoms with Gasteiger partial charge in [0.2, 0.25) is 0 Å². The number of aliphatic imine (C=N–C) groups is 1. The van der Waals surface area contributed by atoms with E-state index in [4.69, 9.17) is 5.73 Å². The average molecular weight is 287 g/mol. The van der Waals surface area contributed by atoms with Gasteiger partial charge in [0.15, 0.2) is 5.96 Å². The predicted molar refractivity (Wildman–Crippen MR) is 79.2 cm³/mol. The molecule has 2 aromatic carbocycles. The number of halogens is 2. The molecule has 2 N–H and O–H groups in total. The Kier molecular flexibility index (Phi) is 3.33. The number of nitrogens with two attached hydrogens (primary N) is 1. The van der Waals surface area contributed by atoms with Crippen molar-refractivity contribution in [1.82, 2.24) is 0 Å². The first-order chi connectivity index (χ1) is 10.1. The van der Waals surface area contributed by atoms with Crippen molar-refractivity contribution in [2.45, 2.75) is 13.0 Å². The molecule has 1 atom stereocenters. The minimum absolute atomic E-state index is 0.345. The van der Waals surface area contributed by atoms with Gasteiger partial charge in [0.05, 0.1) is 12.6 Å². The van der Waals surface area contributed by atoms with E-state index in [1.807, 2.05) is 31.2 Å².